The van der Waals surface area contributed by atoms with Crippen LogP contribution in [0.1, 0.15) is 28.0 Å². The molecule has 2 aliphatic heterocycles. The van der Waals surface area contributed by atoms with Crippen LogP contribution in [0.2, 0.25) is 0 Å². The Morgan fingerprint density at radius 1 is 0.950 bits per heavy atom. The van der Waals surface area contributed by atoms with E-state index in [0.29, 0.717) is 17.9 Å². The monoisotopic (exact) mass is 559 g/mol. The van der Waals surface area contributed by atoms with Crippen LogP contribution >= 0.6 is 0 Å². The van der Waals surface area contributed by atoms with Gasteiger partial charge in [-0.2, -0.15) is 0 Å². The first-order chi connectivity index (χ1) is 19.5. The second-order valence-electron chi connectivity index (χ2n) is 9.78. The molecule has 1 saturated heterocycles. The number of aromatic nitrogens is 3. The van der Waals surface area contributed by atoms with Crippen molar-refractivity contribution in [2.75, 3.05) is 43.6 Å². The molecule has 0 aliphatic carbocycles. The van der Waals surface area contributed by atoms with Crippen molar-refractivity contribution in [2.45, 2.75) is 24.5 Å². The molecule has 6 rings (SSSR count). The minimum Gasteiger partial charge on any atom is -0.380 e. The predicted octanol–water partition coefficient (Wildman–Crippen LogP) is 3.15. The zero-order valence-electron chi connectivity index (χ0n) is 21.9. The fourth-order valence-electron chi connectivity index (χ4n) is 4.85. The summed E-state index contributed by atoms with van der Waals surface area (Å²) in [5.41, 5.74) is 3.73. The van der Waals surface area contributed by atoms with E-state index in [4.69, 9.17) is 19.4 Å². The van der Waals surface area contributed by atoms with Gasteiger partial charge in [-0.15, -0.1) is 0 Å². The summed E-state index contributed by atoms with van der Waals surface area (Å²) in [5.74, 6) is 0.418. The van der Waals surface area contributed by atoms with E-state index in [1.165, 1.54) is 6.07 Å². The molecule has 0 atom stereocenters. The lowest BCUT2D eigenvalue weighted by Crippen LogP contribution is -2.26. The maximum absolute atomic E-state index is 12.9. The summed E-state index contributed by atoms with van der Waals surface area (Å²) in [6.07, 6.45) is 2.69. The molecule has 1 N–H and O–H groups in total. The molecular weight excluding hydrogens is 530 g/mol. The molecule has 0 radical (unpaired) electrons. The van der Waals surface area contributed by atoms with Crippen molar-refractivity contribution in [3.05, 3.63) is 77.6 Å². The molecule has 1 aromatic carbocycles. The number of nitrogens with zero attached hydrogens (tertiary/aromatic N) is 4. The number of hydrogen-bond acceptors (Lipinski definition) is 9. The molecule has 40 heavy (non-hydrogen) atoms. The lowest BCUT2D eigenvalue weighted by atomic mass is 10.1. The third-order valence-corrected chi connectivity index (χ3v) is 8.78. The van der Waals surface area contributed by atoms with Gasteiger partial charge in [0.05, 0.1) is 59.6 Å². The highest BCUT2D eigenvalue weighted by Crippen LogP contribution is 2.24. The minimum absolute atomic E-state index is 0.103. The van der Waals surface area contributed by atoms with Gasteiger partial charge < -0.3 is 19.7 Å². The van der Waals surface area contributed by atoms with Crippen LogP contribution in [0.25, 0.3) is 22.3 Å². The Morgan fingerprint density at radius 3 is 2.77 bits per heavy atom. The molecule has 0 unspecified atom stereocenters. The van der Waals surface area contributed by atoms with Gasteiger partial charge in [0, 0.05) is 36.8 Å². The maximum atomic E-state index is 12.9. The van der Waals surface area contributed by atoms with E-state index in [0.717, 1.165) is 54.2 Å². The van der Waals surface area contributed by atoms with Gasteiger partial charge >= 0.3 is 0 Å². The second-order valence-corrected chi connectivity index (χ2v) is 11.9. The second kappa shape index (κ2) is 11.3. The zero-order valence-corrected chi connectivity index (χ0v) is 22.7. The van der Waals surface area contributed by atoms with E-state index in [2.05, 4.69) is 15.2 Å². The van der Waals surface area contributed by atoms with Gasteiger partial charge in [0.25, 0.3) is 5.91 Å². The predicted molar refractivity (Wildman–Crippen MR) is 150 cm³/mol. The Kier molecular flexibility index (Phi) is 7.42. The molecule has 2 aliphatic rings. The highest BCUT2D eigenvalue weighted by molar-refractivity contribution is 7.91. The van der Waals surface area contributed by atoms with Crippen LogP contribution in [0.15, 0.2) is 65.7 Å². The normalized spacial score (nSPS) is 17.1. The Bertz CT molecular complexity index is 1670. The van der Waals surface area contributed by atoms with E-state index in [9.17, 15) is 13.2 Å². The molecule has 5 heterocycles. The number of carbonyl (C=O) groups excluding carboxylic acids is 1. The third-order valence-electron chi connectivity index (χ3n) is 7.02. The Balaban J connectivity index is 1.19. The molecule has 4 aromatic rings. The van der Waals surface area contributed by atoms with Gasteiger partial charge in [-0.25, -0.2) is 18.4 Å². The van der Waals surface area contributed by atoms with Crippen molar-refractivity contribution >= 4 is 32.5 Å². The number of anilines is 1. The molecule has 1 fully saturated rings. The summed E-state index contributed by atoms with van der Waals surface area (Å²) in [5, 5.41) is 3.71. The molecule has 0 bridgehead atoms. The Hall–Kier alpha value is -3.93. The average molecular weight is 560 g/mol. The van der Waals surface area contributed by atoms with Crippen LogP contribution in [0.5, 0.6) is 0 Å². The number of hydrogen-bond donors (Lipinski definition) is 1. The summed E-state index contributed by atoms with van der Waals surface area (Å²) in [6.45, 7) is 3.67. The number of sulfone groups is 1. The zero-order chi connectivity index (χ0) is 27.5. The summed E-state index contributed by atoms with van der Waals surface area (Å²) in [4.78, 5) is 29.4. The van der Waals surface area contributed by atoms with Gasteiger partial charge in [0.2, 0.25) is 0 Å². The van der Waals surface area contributed by atoms with Crippen molar-refractivity contribution in [3.63, 3.8) is 0 Å². The number of ether oxygens (including phenoxy) is 2. The summed E-state index contributed by atoms with van der Waals surface area (Å²) < 4.78 is 36.1. The smallest absolute Gasteiger partial charge is 0.251 e. The number of benzene rings is 1. The molecule has 11 heteroatoms. The lowest BCUT2D eigenvalue weighted by molar-refractivity contribution is 0.0950. The quantitative estimate of drug-likeness (QED) is 0.393. The molecule has 0 spiro atoms. The molecule has 1 amide bonds. The summed E-state index contributed by atoms with van der Waals surface area (Å²) in [6, 6.07) is 16.3. The van der Waals surface area contributed by atoms with Crippen LogP contribution < -0.4 is 10.2 Å². The molecule has 3 aromatic heterocycles. The van der Waals surface area contributed by atoms with Crippen LogP contribution in [0.3, 0.4) is 0 Å². The van der Waals surface area contributed by atoms with Gasteiger partial charge in [-0.05, 0) is 54.4 Å². The topological polar surface area (TPSA) is 124 Å². The molecule has 10 nitrogen and oxygen atoms in total. The molecule has 0 saturated carbocycles. The third kappa shape index (κ3) is 5.67. The standard InChI is InChI=1S/C29H29N5O5S/c35-29(20-5-6-22-19-39-13-14-40(36,37)27(22)15-20)31-18-23-16-26-21(17-30-23)7-8-25(32-26)24-3-1-4-28(33-24)34-9-2-11-38-12-10-34/h1,3-8,15-17H,2,9-14,18-19H2,(H,31,35). The van der Waals surface area contributed by atoms with Crippen molar-refractivity contribution in [1.29, 1.82) is 0 Å². The van der Waals surface area contributed by atoms with Crippen molar-refractivity contribution in [2.24, 2.45) is 0 Å². The number of fused-ring (bicyclic) bond motifs is 2. The largest absolute Gasteiger partial charge is 0.380 e. The van der Waals surface area contributed by atoms with E-state index in [1.54, 1.807) is 18.3 Å². The van der Waals surface area contributed by atoms with Crippen molar-refractivity contribution in [1.82, 2.24) is 20.3 Å². The van der Waals surface area contributed by atoms with Crippen molar-refractivity contribution < 1.29 is 22.7 Å². The average Bonchev–Trinajstić information content (AvgIpc) is 3.35. The first-order valence-corrected chi connectivity index (χ1v) is 14.9. The first-order valence-electron chi connectivity index (χ1n) is 13.2. The van der Waals surface area contributed by atoms with Crippen LogP contribution in [-0.4, -0.2) is 67.9 Å². The van der Waals surface area contributed by atoms with Gasteiger partial charge in [0.1, 0.15) is 5.82 Å². The molecular formula is C29H29N5O5S. The fourth-order valence-corrected chi connectivity index (χ4v) is 6.24. The van der Waals surface area contributed by atoms with E-state index in [-0.39, 0.29) is 41.9 Å². The van der Waals surface area contributed by atoms with E-state index >= 15 is 0 Å². The maximum Gasteiger partial charge on any atom is 0.251 e. The minimum atomic E-state index is -3.50. The van der Waals surface area contributed by atoms with Crippen LogP contribution in [-0.2, 0) is 32.5 Å². The van der Waals surface area contributed by atoms with Crippen LogP contribution in [0.4, 0.5) is 5.82 Å². The highest BCUT2D eigenvalue weighted by Gasteiger charge is 2.23. The number of pyridine rings is 3. The lowest BCUT2D eigenvalue weighted by Gasteiger charge is -2.21. The first kappa shape index (κ1) is 26.3. The SMILES string of the molecule is O=C(NCc1cc2nc(-c3cccc(N4CCCOCC4)n3)ccc2cn1)c1ccc2c(c1)S(=O)(=O)CCOC2. The van der Waals surface area contributed by atoms with E-state index < -0.39 is 9.84 Å². The number of nitrogens with one attached hydrogen (secondary N) is 1. The number of rotatable bonds is 5. The van der Waals surface area contributed by atoms with Gasteiger partial charge in [0.15, 0.2) is 9.84 Å². The number of amides is 1. The summed E-state index contributed by atoms with van der Waals surface area (Å²) >= 11 is 0. The van der Waals surface area contributed by atoms with Gasteiger partial charge in [-0.3, -0.25) is 9.78 Å². The number of carbonyl (C=O) groups is 1. The Morgan fingerprint density at radius 2 is 1.85 bits per heavy atom. The van der Waals surface area contributed by atoms with E-state index in [1.807, 2.05) is 36.4 Å². The molecule has 206 valence electrons. The van der Waals surface area contributed by atoms with Crippen LogP contribution in [0, 0.1) is 0 Å². The highest BCUT2D eigenvalue weighted by atomic mass is 32.2. The van der Waals surface area contributed by atoms with Gasteiger partial charge in [-0.1, -0.05) is 12.1 Å². The summed E-state index contributed by atoms with van der Waals surface area (Å²) in [7, 11) is -3.50. The Labute approximate surface area is 232 Å². The fraction of sp³-hybridized carbons (Fsp3) is 0.310. The van der Waals surface area contributed by atoms with Crippen molar-refractivity contribution in [3.8, 4) is 11.4 Å².